The summed E-state index contributed by atoms with van der Waals surface area (Å²) in [6, 6.07) is 45.8. The third kappa shape index (κ3) is 3.39. The third-order valence-electron chi connectivity index (χ3n) is 11.2. The van der Waals surface area contributed by atoms with Crippen molar-refractivity contribution in [3.8, 4) is 22.3 Å². The number of fused-ring (bicyclic) bond motifs is 15. The fourth-order valence-corrected chi connectivity index (χ4v) is 10.4. The van der Waals surface area contributed by atoms with E-state index in [1.807, 2.05) is 17.7 Å². The zero-order chi connectivity index (χ0) is 31.4. The van der Waals surface area contributed by atoms with E-state index in [1.54, 1.807) is 0 Å². The van der Waals surface area contributed by atoms with Crippen LogP contribution in [0.3, 0.4) is 0 Å². The van der Waals surface area contributed by atoms with Gasteiger partial charge in [-0.05, 0) is 79.8 Å². The molecule has 2 heterocycles. The van der Waals surface area contributed by atoms with Crippen LogP contribution in [0.15, 0.2) is 145 Å². The number of benzene rings is 6. The lowest BCUT2D eigenvalue weighted by atomic mass is 9.70. The lowest BCUT2D eigenvalue weighted by Crippen LogP contribution is -2.26. The monoisotopic (exact) mass is 630 g/mol. The molecule has 1 aromatic heterocycles. The molecule has 226 valence electrons. The van der Waals surface area contributed by atoms with E-state index in [0.717, 1.165) is 13.0 Å². The summed E-state index contributed by atoms with van der Waals surface area (Å²) in [5, 5.41) is 6.13. The number of rotatable bonds is 2. The van der Waals surface area contributed by atoms with Crippen LogP contribution in [0.2, 0.25) is 0 Å². The van der Waals surface area contributed by atoms with Gasteiger partial charge in [-0.15, -0.1) is 11.3 Å². The van der Waals surface area contributed by atoms with Crippen LogP contribution in [0.1, 0.15) is 51.3 Å². The standard InChI is InChI=1S/C45H30N2S/c1-4-13-37-32(9-1)33-10-2-5-14-38(33)45(37)39-23-22-35-34-11-3-6-15-41(34)48-44(35)42(39)36-21-20-29(24-40(36)45)27-16-18-28(19-17-27)31-12-7-8-30-25-46-26-47-43(30)31/h1-18,20-24,26,28H,19,25H2,(H,46,47). The van der Waals surface area contributed by atoms with Crippen LogP contribution in [0.25, 0.3) is 48.0 Å². The number of aliphatic imine (C=N–C) groups is 1. The van der Waals surface area contributed by atoms with Crippen molar-refractivity contribution in [1.29, 1.82) is 0 Å². The van der Waals surface area contributed by atoms with Gasteiger partial charge in [-0.25, -0.2) is 0 Å². The number of thiophene rings is 1. The van der Waals surface area contributed by atoms with Crippen LogP contribution >= 0.6 is 11.3 Å². The van der Waals surface area contributed by atoms with Crippen molar-refractivity contribution in [2.45, 2.75) is 24.3 Å². The minimum absolute atomic E-state index is 0.336. The largest absolute Gasteiger partial charge is 0.346 e. The first kappa shape index (κ1) is 26.5. The predicted molar refractivity (Wildman–Crippen MR) is 202 cm³/mol. The van der Waals surface area contributed by atoms with E-state index in [-0.39, 0.29) is 5.41 Å². The van der Waals surface area contributed by atoms with Crippen LogP contribution in [-0.4, -0.2) is 6.34 Å². The Labute approximate surface area is 283 Å². The smallest absolute Gasteiger partial charge is 0.0872 e. The summed E-state index contributed by atoms with van der Waals surface area (Å²) in [5.74, 6) is 0.336. The Kier molecular flexibility index (Phi) is 5.40. The molecule has 0 fully saturated rings. The lowest BCUT2D eigenvalue weighted by molar-refractivity contribution is 0.794. The minimum atomic E-state index is -0.365. The van der Waals surface area contributed by atoms with E-state index < -0.39 is 0 Å². The molecule has 6 aromatic carbocycles. The van der Waals surface area contributed by atoms with Gasteiger partial charge < -0.3 is 5.32 Å². The molecular weight excluding hydrogens is 601 g/mol. The highest BCUT2D eigenvalue weighted by Gasteiger charge is 2.52. The molecule has 0 radical (unpaired) electrons. The van der Waals surface area contributed by atoms with Crippen molar-refractivity contribution >= 4 is 49.1 Å². The van der Waals surface area contributed by atoms with Gasteiger partial charge in [-0.3, -0.25) is 4.99 Å². The van der Waals surface area contributed by atoms with Crippen LogP contribution in [0, 0.1) is 0 Å². The Morgan fingerprint density at radius 3 is 2.33 bits per heavy atom. The molecule has 4 aliphatic rings. The number of nitrogens with zero attached hydrogens (tertiary/aromatic N) is 1. The predicted octanol–water partition coefficient (Wildman–Crippen LogP) is 11.5. The maximum Gasteiger partial charge on any atom is 0.0872 e. The summed E-state index contributed by atoms with van der Waals surface area (Å²) in [6.45, 7) is 0.743. The number of para-hydroxylation sites is 1. The highest BCUT2D eigenvalue weighted by atomic mass is 32.1. The van der Waals surface area contributed by atoms with Gasteiger partial charge in [0.15, 0.2) is 0 Å². The average molecular weight is 631 g/mol. The molecule has 1 atom stereocenters. The van der Waals surface area contributed by atoms with Gasteiger partial charge in [0, 0.05) is 37.3 Å². The topological polar surface area (TPSA) is 24.4 Å². The van der Waals surface area contributed by atoms with Gasteiger partial charge >= 0.3 is 0 Å². The molecule has 7 aromatic rings. The lowest BCUT2D eigenvalue weighted by Gasteiger charge is -2.31. The minimum Gasteiger partial charge on any atom is -0.346 e. The Balaban J connectivity index is 1.12. The van der Waals surface area contributed by atoms with Crippen LogP contribution in [0.5, 0.6) is 0 Å². The van der Waals surface area contributed by atoms with Crippen molar-refractivity contribution in [1.82, 2.24) is 0 Å². The number of hydrogen-bond acceptors (Lipinski definition) is 3. The SMILES string of the molecule is C1=CC(c2cccc3c2NC=NC3)CC=C1c1ccc2c(c1)C1(c3ccccc3-c3ccccc31)c1ccc3c(sc4ccccc43)c1-2. The van der Waals surface area contributed by atoms with E-state index in [9.17, 15) is 0 Å². The van der Waals surface area contributed by atoms with E-state index in [2.05, 4.69) is 150 Å². The number of hydrogen-bond donors (Lipinski definition) is 1. The molecule has 3 heteroatoms. The summed E-state index contributed by atoms with van der Waals surface area (Å²) in [6.07, 6.45) is 10.00. The zero-order valence-electron chi connectivity index (χ0n) is 26.2. The van der Waals surface area contributed by atoms with Gasteiger partial charge in [0.2, 0.25) is 0 Å². The van der Waals surface area contributed by atoms with Crippen molar-refractivity contribution in [3.05, 3.63) is 178 Å². The molecule has 48 heavy (non-hydrogen) atoms. The number of nitrogens with one attached hydrogen (secondary N) is 1. The fourth-order valence-electron chi connectivity index (χ4n) is 9.14. The normalized spacial score (nSPS) is 17.5. The Bertz CT molecular complexity index is 2570. The summed E-state index contributed by atoms with van der Waals surface area (Å²) in [5.41, 5.74) is 17.1. The van der Waals surface area contributed by atoms with Gasteiger partial charge in [0.1, 0.15) is 0 Å². The van der Waals surface area contributed by atoms with Gasteiger partial charge in [0.05, 0.1) is 18.3 Å². The molecule has 0 saturated heterocycles. The van der Waals surface area contributed by atoms with Crippen LogP contribution in [0.4, 0.5) is 5.69 Å². The van der Waals surface area contributed by atoms with Gasteiger partial charge in [-0.1, -0.05) is 127 Å². The quantitative estimate of drug-likeness (QED) is 0.202. The second kappa shape index (κ2) is 9.76. The second-order valence-electron chi connectivity index (χ2n) is 13.4. The van der Waals surface area contributed by atoms with Crippen LogP contribution < -0.4 is 5.32 Å². The van der Waals surface area contributed by atoms with Crippen molar-refractivity contribution in [2.75, 3.05) is 5.32 Å². The Morgan fingerprint density at radius 2 is 1.50 bits per heavy atom. The summed E-state index contributed by atoms with van der Waals surface area (Å²) in [7, 11) is 0. The maximum absolute atomic E-state index is 4.42. The fraction of sp³-hybridized carbons (Fsp3) is 0.0889. The highest BCUT2D eigenvalue weighted by Crippen LogP contribution is 2.64. The van der Waals surface area contributed by atoms with E-state index in [1.165, 1.54) is 92.6 Å². The molecule has 11 rings (SSSR count). The first-order valence-corrected chi connectivity index (χ1v) is 17.7. The molecule has 2 nitrogen and oxygen atoms in total. The van der Waals surface area contributed by atoms with E-state index in [4.69, 9.17) is 0 Å². The molecular formula is C45H30N2S. The van der Waals surface area contributed by atoms with Crippen molar-refractivity contribution < 1.29 is 0 Å². The number of anilines is 1. The van der Waals surface area contributed by atoms with Crippen molar-refractivity contribution in [2.24, 2.45) is 4.99 Å². The Morgan fingerprint density at radius 1 is 0.688 bits per heavy atom. The average Bonchev–Trinajstić information content (AvgIpc) is 3.78. The Hall–Kier alpha value is -5.51. The summed E-state index contributed by atoms with van der Waals surface area (Å²) >= 11 is 1.94. The third-order valence-corrected chi connectivity index (χ3v) is 12.4. The number of allylic oxidation sites excluding steroid dienone is 4. The summed E-state index contributed by atoms with van der Waals surface area (Å²) < 4.78 is 2.74. The molecule has 0 saturated carbocycles. The molecule has 3 aliphatic carbocycles. The van der Waals surface area contributed by atoms with Gasteiger partial charge in [-0.2, -0.15) is 0 Å². The molecule has 1 aliphatic heterocycles. The maximum atomic E-state index is 4.42. The van der Waals surface area contributed by atoms with E-state index in [0.29, 0.717) is 5.92 Å². The van der Waals surface area contributed by atoms with Gasteiger partial charge in [0.25, 0.3) is 0 Å². The molecule has 0 bridgehead atoms. The van der Waals surface area contributed by atoms with Crippen molar-refractivity contribution in [3.63, 3.8) is 0 Å². The highest BCUT2D eigenvalue weighted by molar-refractivity contribution is 7.26. The molecule has 1 N–H and O–H groups in total. The second-order valence-corrected chi connectivity index (χ2v) is 14.5. The van der Waals surface area contributed by atoms with Crippen LogP contribution in [-0.2, 0) is 12.0 Å². The summed E-state index contributed by atoms with van der Waals surface area (Å²) in [4.78, 5) is 4.42. The molecule has 1 spiro atoms. The molecule has 0 amide bonds. The first-order valence-electron chi connectivity index (χ1n) is 16.8. The first-order chi connectivity index (χ1) is 23.8. The zero-order valence-corrected chi connectivity index (χ0v) is 27.0. The van der Waals surface area contributed by atoms with E-state index >= 15 is 0 Å². The molecule has 1 unspecified atom stereocenters.